The maximum absolute atomic E-state index is 2.34. The fourth-order valence-electron chi connectivity index (χ4n) is 1.95. The molecule has 0 aromatic carbocycles. The summed E-state index contributed by atoms with van der Waals surface area (Å²) in [6, 6.07) is 0. The quantitative estimate of drug-likeness (QED) is 0.441. The monoisotopic (exact) mass is 256 g/mol. The van der Waals surface area contributed by atoms with Crippen LogP contribution < -0.4 is 0 Å². The van der Waals surface area contributed by atoms with Crippen LogP contribution in [0.25, 0.3) is 0 Å². The molecule has 0 aliphatic carbocycles. The van der Waals surface area contributed by atoms with Gasteiger partial charge in [-0.1, -0.05) is 87.5 Å². The van der Waals surface area contributed by atoms with Crippen molar-refractivity contribution in [3.63, 3.8) is 0 Å². The average Bonchev–Trinajstić information content (AvgIpc) is 2.28. The lowest BCUT2D eigenvalue weighted by Gasteiger charge is -2.12. The van der Waals surface area contributed by atoms with Crippen molar-refractivity contribution in [3.05, 3.63) is 0 Å². The zero-order chi connectivity index (χ0) is 14.6. The minimum absolute atomic E-state index is 0.892. The summed E-state index contributed by atoms with van der Waals surface area (Å²) in [5.41, 5.74) is 0. The number of hydrogen-bond acceptors (Lipinski definition) is 0. The molecule has 0 saturated heterocycles. The summed E-state index contributed by atoms with van der Waals surface area (Å²) in [5.74, 6) is 3.65. The highest BCUT2D eigenvalue weighted by molar-refractivity contribution is 4.55. The first-order valence-electron chi connectivity index (χ1n) is 8.33. The van der Waals surface area contributed by atoms with Crippen molar-refractivity contribution in [1.82, 2.24) is 0 Å². The summed E-state index contributed by atoms with van der Waals surface area (Å²) < 4.78 is 0. The standard InChI is InChI=1S/2C9H20/c1-8(2)6-5-7-9(3)4;1-5-8(3)7-9(4)6-2/h2*8-9H,5-7H2,1-4H3. The average molecular weight is 257 g/mol. The Bertz CT molecular complexity index is 130. The molecule has 2 unspecified atom stereocenters. The third-order valence-electron chi connectivity index (χ3n) is 3.76. The smallest absolute Gasteiger partial charge is 0.0443 e. The molecule has 0 N–H and O–H groups in total. The highest BCUT2D eigenvalue weighted by Gasteiger charge is 2.03. The SMILES string of the molecule is CC(C)CCCC(C)C.CCC(C)CC(C)CC. The summed E-state index contributed by atoms with van der Waals surface area (Å²) in [6.07, 6.45) is 8.30. The van der Waals surface area contributed by atoms with Crippen molar-refractivity contribution in [2.24, 2.45) is 23.7 Å². The highest BCUT2D eigenvalue weighted by Crippen LogP contribution is 2.16. The molecule has 18 heavy (non-hydrogen) atoms. The molecular formula is C18H40. The van der Waals surface area contributed by atoms with Crippen LogP contribution in [0.1, 0.15) is 93.9 Å². The van der Waals surface area contributed by atoms with Gasteiger partial charge in [0.2, 0.25) is 0 Å². The highest BCUT2D eigenvalue weighted by atomic mass is 14.1. The predicted molar refractivity (Wildman–Crippen MR) is 87.1 cm³/mol. The third-order valence-corrected chi connectivity index (χ3v) is 3.76. The molecule has 0 bridgehead atoms. The Balaban J connectivity index is 0. The molecular weight excluding hydrogens is 216 g/mol. The molecule has 2 atom stereocenters. The second kappa shape index (κ2) is 13.4. The number of hydrogen-bond donors (Lipinski definition) is 0. The molecule has 112 valence electrons. The van der Waals surface area contributed by atoms with Crippen molar-refractivity contribution in [2.45, 2.75) is 93.9 Å². The summed E-state index contributed by atoms with van der Waals surface area (Å²) >= 11 is 0. The Morgan fingerprint density at radius 2 is 0.944 bits per heavy atom. The zero-order valence-electron chi connectivity index (χ0n) is 14.6. The molecule has 0 spiro atoms. The van der Waals surface area contributed by atoms with Crippen molar-refractivity contribution in [1.29, 1.82) is 0 Å². The van der Waals surface area contributed by atoms with E-state index in [-0.39, 0.29) is 0 Å². The van der Waals surface area contributed by atoms with E-state index in [0.717, 1.165) is 23.7 Å². The predicted octanol–water partition coefficient (Wildman–Crippen LogP) is 6.94. The molecule has 0 fully saturated rings. The molecule has 0 rings (SSSR count). The molecule has 0 aromatic rings. The Morgan fingerprint density at radius 3 is 1.17 bits per heavy atom. The fraction of sp³-hybridized carbons (Fsp3) is 1.00. The topological polar surface area (TPSA) is 0 Å². The van der Waals surface area contributed by atoms with E-state index < -0.39 is 0 Å². The first kappa shape index (κ1) is 20.3. The zero-order valence-corrected chi connectivity index (χ0v) is 14.6. The van der Waals surface area contributed by atoms with Gasteiger partial charge in [-0.2, -0.15) is 0 Å². The van der Waals surface area contributed by atoms with Gasteiger partial charge in [0.05, 0.1) is 0 Å². The van der Waals surface area contributed by atoms with Crippen LogP contribution in [0.15, 0.2) is 0 Å². The van der Waals surface area contributed by atoms with E-state index in [4.69, 9.17) is 0 Å². The first-order valence-corrected chi connectivity index (χ1v) is 8.33. The van der Waals surface area contributed by atoms with Gasteiger partial charge in [-0.15, -0.1) is 0 Å². The Hall–Kier alpha value is 0. The van der Waals surface area contributed by atoms with E-state index in [9.17, 15) is 0 Å². The summed E-state index contributed by atoms with van der Waals surface area (Å²) in [6.45, 7) is 18.4. The summed E-state index contributed by atoms with van der Waals surface area (Å²) in [7, 11) is 0. The van der Waals surface area contributed by atoms with Gasteiger partial charge >= 0.3 is 0 Å². The Labute approximate surface area is 118 Å². The normalized spacial score (nSPS) is 14.3. The van der Waals surface area contributed by atoms with Crippen LogP contribution in [0.3, 0.4) is 0 Å². The minimum atomic E-state index is 0.892. The lowest BCUT2D eigenvalue weighted by atomic mass is 9.94. The van der Waals surface area contributed by atoms with Crippen LogP contribution in [-0.2, 0) is 0 Å². The molecule has 0 aromatic heterocycles. The van der Waals surface area contributed by atoms with E-state index in [1.807, 2.05) is 0 Å². The van der Waals surface area contributed by atoms with Crippen molar-refractivity contribution < 1.29 is 0 Å². The maximum Gasteiger partial charge on any atom is -0.0443 e. The maximum atomic E-state index is 2.34. The van der Waals surface area contributed by atoms with Gasteiger partial charge in [-0.3, -0.25) is 0 Å². The Morgan fingerprint density at radius 1 is 0.611 bits per heavy atom. The first-order chi connectivity index (χ1) is 8.33. The van der Waals surface area contributed by atoms with Crippen LogP contribution in [0.4, 0.5) is 0 Å². The van der Waals surface area contributed by atoms with Gasteiger partial charge in [0.15, 0.2) is 0 Å². The van der Waals surface area contributed by atoms with Gasteiger partial charge in [0.1, 0.15) is 0 Å². The second-order valence-corrected chi connectivity index (χ2v) is 6.98. The van der Waals surface area contributed by atoms with Crippen molar-refractivity contribution in [3.8, 4) is 0 Å². The largest absolute Gasteiger partial charge is 0.0651 e. The van der Waals surface area contributed by atoms with E-state index in [2.05, 4.69) is 55.4 Å². The van der Waals surface area contributed by atoms with Crippen LogP contribution in [0.5, 0.6) is 0 Å². The van der Waals surface area contributed by atoms with E-state index in [1.54, 1.807) is 0 Å². The molecule has 0 aliphatic rings. The fourth-order valence-corrected chi connectivity index (χ4v) is 1.95. The molecule has 0 nitrogen and oxygen atoms in total. The van der Waals surface area contributed by atoms with Gasteiger partial charge in [0, 0.05) is 0 Å². The van der Waals surface area contributed by atoms with Crippen LogP contribution in [0.2, 0.25) is 0 Å². The number of rotatable bonds is 8. The lowest BCUT2D eigenvalue weighted by molar-refractivity contribution is 0.397. The Kier molecular flexibility index (Phi) is 15.2. The van der Waals surface area contributed by atoms with Gasteiger partial charge in [0.25, 0.3) is 0 Å². The van der Waals surface area contributed by atoms with E-state index in [1.165, 1.54) is 38.5 Å². The second-order valence-electron chi connectivity index (χ2n) is 6.98. The summed E-state index contributed by atoms with van der Waals surface area (Å²) in [4.78, 5) is 0. The van der Waals surface area contributed by atoms with E-state index in [0.29, 0.717) is 0 Å². The lowest BCUT2D eigenvalue weighted by Crippen LogP contribution is -2.00. The molecule has 0 heteroatoms. The molecule has 0 saturated carbocycles. The molecule has 0 heterocycles. The van der Waals surface area contributed by atoms with Crippen molar-refractivity contribution >= 4 is 0 Å². The van der Waals surface area contributed by atoms with Crippen LogP contribution in [-0.4, -0.2) is 0 Å². The van der Waals surface area contributed by atoms with Gasteiger partial charge in [-0.05, 0) is 30.1 Å². The van der Waals surface area contributed by atoms with Gasteiger partial charge in [-0.25, -0.2) is 0 Å². The minimum Gasteiger partial charge on any atom is -0.0651 e. The summed E-state index contributed by atoms with van der Waals surface area (Å²) in [5, 5.41) is 0. The van der Waals surface area contributed by atoms with Crippen LogP contribution >= 0.6 is 0 Å². The van der Waals surface area contributed by atoms with Crippen molar-refractivity contribution in [2.75, 3.05) is 0 Å². The molecule has 0 radical (unpaired) electrons. The molecule has 0 aliphatic heterocycles. The van der Waals surface area contributed by atoms with Gasteiger partial charge < -0.3 is 0 Å². The molecule has 0 amide bonds. The third kappa shape index (κ3) is 18.4. The van der Waals surface area contributed by atoms with Crippen LogP contribution in [0, 0.1) is 23.7 Å². The van der Waals surface area contributed by atoms with E-state index >= 15 is 0 Å².